The summed E-state index contributed by atoms with van der Waals surface area (Å²) in [6, 6.07) is 10.4. The van der Waals surface area contributed by atoms with Gasteiger partial charge in [-0.2, -0.15) is 0 Å². The van der Waals surface area contributed by atoms with Crippen molar-refractivity contribution in [1.82, 2.24) is 4.90 Å². The molecule has 0 aliphatic rings. The normalized spacial score (nSPS) is 9.29. The monoisotopic (exact) mass is 187 g/mol. The third-order valence-electron chi connectivity index (χ3n) is 1.87. The molecule has 0 aromatic heterocycles. The minimum atomic E-state index is 0.884. The molecule has 0 aliphatic heterocycles. The zero-order chi connectivity index (χ0) is 10.4. The van der Waals surface area contributed by atoms with Crippen molar-refractivity contribution < 1.29 is 0 Å². The molecule has 0 bridgehead atoms. The molecule has 0 spiro atoms. The SMILES string of the molecule is C=CN(C=C(C)C)Cc1ccccc1. The average Bonchev–Trinajstić information content (AvgIpc) is 2.17. The third-order valence-corrected chi connectivity index (χ3v) is 1.87. The van der Waals surface area contributed by atoms with Crippen LogP contribution < -0.4 is 0 Å². The standard InChI is InChI=1S/C13H17N/c1-4-14(10-12(2)3)11-13-8-6-5-7-9-13/h4-10H,1,11H2,2-3H3. The van der Waals surface area contributed by atoms with E-state index < -0.39 is 0 Å². The number of hydrogen-bond donors (Lipinski definition) is 0. The Morgan fingerprint density at radius 2 is 1.93 bits per heavy atom. The Hall–Kier alpha value is -1.50. The lowest BCUT2D eigenvalue weighted by Gasteiger charge is -2.15. The summed E-state index contributed by atoms with van der Waals surface area (Å²) < 4.78 is 0. The quantitative estimate of drug-likeness (QED) is 0.696. The second-order valence-electron chi connectivity index (χ2n) is 3.55. The van der Waals surface area contributed by atoms with E-state index in [-0.39, 0.29) is 0 Å². The van der Waals surface area contributed by atoms with Crippen LogP contribution in [0, 0.1) is 0 Å². The maximum atomic E-state index is 3.79. The Morgan fingerprint density at radius 3 is 2.43 bits per heavy atom. The van der Waals surface area contributed by atoms with Gasteiger partial charge in [-0.15, -0.1) is 0 Å². The van der Waals surface area contributed by atoms with Gasteiger partial charge in [0.15, 0.2) is 0 Å². The van der Waals surface area contributed by atoms with E-state index in [1.54, 1.807) is 0 Å². The van der Waals surface area contributed by atoms with Crippen LogP contribution in [-0.2, 0) is 6.54 Å². The molecule has 0 radical (unpaired) electrons. The van der Waals surface area contributed by atoms with Crippen LogP contribution in [0.4, 0.5) is 0 Å². The van der Waals surface area contributed by atoms with Gasteiger partial charge in [0.25, 0.3) is 0 Å². The predicted octanol–water partition coefficient (Wildman–Crippen LogP) is 3.56. The van der Waals surface area contributed by atoms with Gasteiger partial charge in [0.1, 0.15) is 0 Å². The zero-order valence-electron chi connectivity index (χ0n) is 8.90. The predicted molar refractivity (Wildman–Crippen MR) is 61.6 cm³/mol. The number of rotatable bonds is 4. The fraction of sp³-hybridized carbons (Fsp3) is 0.231. The van der Waals surface area contributed by atoms with Gasteiger partial charge < -0.3 is 4.90 Å². The molecule has 0 heterocycles. The topological polar surface area (TPSA) is 3.24 Å². The summed E-state index contributed by atoms with van der Waals surface area (Å²) in [5.74, 6) is 0. The maximum Gasteiger partial charge on any atom is 0.0469 e. The molecule has 0 atom stereocenters. The van der Waals surface area contributed by atoms with E-state index in [9.17, 15) is 0 Å². The number of allylic oxidation sites excluding steroid dienone is 1. The van der Waals surface area contributed by atoms with Gasteiger partial charge in [-0.1, -0.05) is 42.5 Å². The van der Waals surface area contributed by atoms with E-state index in [1.807, 2.05) is 12.3 Å². The van der Waals surface area contributed by atoms with Gasteiger partial charge in [-0.25, -0.2) is 0 Å². The maximum absolute atomic E-state index is 3.79. The second-order valence-corrected chi connectivity index (χ2v) is 3.55. The van der Waals surface area contributed by atoms with E-state index in [4.69, 9.17) is 0 Å². The smallest absolute Gasteiger partial charge is 0.0469 e. The lowest BCUT2D eigenvalue weighted by Crippen LogP contribution is -2.08. The molecular formula is C13H17N. The molecule has 1 heteroatoms. The van der Waals surface area contributed by atoms with Crippen molar-refractivity contribution in [2.75, 3.05) is 0 Å². The average molecular weight is 187 g/mol. The molecule has 74 valence electrons. The highest BCUT2D eigenvalue weighted by Crippen LogP contribution is 2.06. The molecule has 0 N–H and O–H groups in total. The van der Waals surface area contributed by atoms with Crippen molar-refractivity contribution in [2.45, 2.75) is 20.4 Å². The molecule has 1 aromatic rings. The molecule has 0 fully saturated rings. The molecule has 1 aromatic carbocycles. The van der Waals surface area contributed by atoms with E-state index >= 15 is 0 Å². The molecule has 1 nitrogen and oxygen atoms in total. The van der Waals surface area contributed by atoms with Crippen molar-refractivity contribution in [3.63, 3.8) is 0 Å². The summed E-state index contributed by atoms with van der Waals surface area (Å²) in [7, 11) is 0. The Morgan fingerprint density at radius 1 is 1.29 bits per heavy atom. The number of benzene rings is 1. The van der Waals surface area contributed by atoms with Gasteiger partial charge in [0.05, 0.1) is 0 Å². The first-order valence-corrected chi connectivity index (χ1v) is 4.79. The molecule has 0 unspecified atom stereocenters. The molecule has 0 aliphatic carbocycles. The lowest BCUT2D eigenvalue weighted by molar-refractivity contribution is 0.498. The minimum absolute atomic E-state index is 0.884. The van der Waals surface area contributed by atoms with Crippen LogP contribution in [0.2, 0.25) is 0 Å². The fourth-order valence-electron chi connectivity index (χ4n) is 1.29. The van der Waals surface area contributed by atoms with Gasteiger partial charge in [-0.05, 0) is 25.6 Å². The van der Waals surface area contributed by atoms with Crippen LogP contribution in [0.15, 0.2) is 54.9 Å². The first-order valence-electron chi connectivity index (χ1n) is 4.79. The van der Waals surface area contributed by atoms with Gasteiger partial charge in [0, 0.05) is 12.7 Å². The summed E-state index contributed by atoms with van der Waals surface area (Å²) in [5.41, 5.74) is 2.57. The molecule has 0 saturated carbocycles. The summed E-state index contributed by atoms with van der Waals surface area (Å²) in [4.78, 5) is 2.09. The Bertz CT molecular complexity index is 307. The van der Waals surface area contributed by atoms with E-state index in [0.29, 0.717) is 0 Å². The third kappa shape index (κ3) is 3.48. The first-order chi connectivity index (χ1) is 6.72. The van der Waals surface area contributed by atoms with Crippen molar-refractivity contribution >= 4 is 0 Å². The van der Waals surface area contributed by atoms with Crippen molar-refractivity contribution in [3.8, 4) is 0 Å². The second kappa shape index (κ2) is 5.28. The summed E-state index contributed by atoms with van der Waals surface area (Å²) in [5, 5.41) is 0. The molecule has 14 heavy (non-hydrogen) atoms. The van der Waals surface area contributed by atoms with Gasteiger partial charge in [-0.3, -0.25) is 0 Å². The van der Waals surface area contributed by atoms with Crippen molar-refractivity contribution in [2.24, 2.45) is 0 Å². The largest absolute Gasteiger partial charge is 0.351 e. The molecule has 0 saturated heterocycles. The van der Waals surface area contributed by atoms with Crippen molar-refractivity contribution in [3.05, 3.63) is 60.4 Å². The first kappa shape index (κ1) is 10.6. The molecular weight excluding hydrogens is 170 g/mol. The van der Waals surface area contributed by atoms with Crippen LogP contribution in [0.3, 0.4) is 0 Å². The highest BCUT2D eigenvalue weighted by Gasteiger charge is 1.95. The number of nitrogens with zero attached hydrogens (tertiary/aromatic N) is 1. The summed E-state index contributed by atoms with van der Waals surface area (Å²) >= 11 is 0. The zero-order valence-corrected chi connectivity index (χ0v) is 8.90. The Labute approximate surface area is 86.4 Å². The minimum Gasteiger partial charge on any atom is -0.351 e. The Kier molecular flexibility index (Phi) is 3.99. The van der Waals surface area contributed by atoms with Crippen LogP contribution in [-0.4, -0.2) is 4.90 Å². The highest BCUT2D eigenvalue weighted by molar-refractivity contribution is 5.15. The van der Waals surface area contributed by atoms with E-state index in [0.717, 1.165) is 6.54 Å². The molecule has 1 rings (SSSR count). The van der Waals surface area contributed by atoms with E-state index in [1.165, 1.54) is 11.1 Å². The van der Waals surface area contributed by atoms with Crippen LogP contribution in [0.1, 0.15) is 19.4 Å². The molecule has 0 amide bonds. The lowest BCUT2D eigenvalue weighted by atomic mass is 10.2. The van der Waals surface area contributed by atoms with Crippen LogP contribution in [0.25, 0.3) is 0 Å². The summed E-state index contributed by atoms with van der Waals surface area (Å²) in [6.07, 6.45) is 3.94. The van der Waals surface area contributed by atoms with Crippen LogP contribution >= 0.6 is 0 Å². The van der Waals surface area contributed by atoms with Crippen LogP contribution in [0.5, 0.6) is 0 Å². The van der Waals surface area contributed by atoms with Gasteiger partial charge in [0.2, 0.25) is 0 Å². The Balaban J connectivity index is 2.67. The fourth-order valence-corrected chi connectivity index (χ4v) is 1.29. The number of hydrogen-bond acceptors (Lipinski definition) is 1. The van der Waals surface area contributed by atoms with Gasteiger partial charge >= 0.3 is 0 Å². The summed E-state index contributed by atoms with van der Waals surface area (Å²) in [6.45, 7) is 8.85. The van der Waals surface area contributed by atoms with E-state index in [2.05, 4.69) is 55.8 Å². The van der Waals surface area contributed by atoms with Crippen molar-refractivity contribution in [1.29, 1.82) is 0 Å². The highest BCUT2D eigenvalue weighted by atomic mass is 15.1.